The lowest BCUT2D eigenvalue weighted by molar-refractivity contribution is -0.162. The van der Waals surface area contributed by atoms with E-state index in [1.165, 1.54) is 0 Å². The van der Waals surface area contributed by atoms with E-state index in [4.69, 9.17) is 14.0 Å². The van der Waals surface area contributed by atoms with E-state index in [1.807, 2.05) is 32.9 Å². The number of hydrogen-bond donors (Lipinski definition) is 0. The van der Waals surface area contributed by atoms with Crippen molar-refractivity contribution in [2.75, 3.05) is 0 Å². The monoisotopic (exact) mass is 372 g/mol. The maximum Gasteiger partial charge on any atom is 0.494 e. The molecule has 4 nitrogen and oxygen atoms in total. The van der Waals surface area contributed by atoms with Gasteiger partial charge in [0, 0.05) is 0 Å². The Hall–Kier alpha value is -1.33. The Morgan fingerprint density at radius 2 is 1.44 bits per heavy atom. The van der Waals surface area contributed by atoms with Gasteiger partial charge < -0.3 is 14.0 Å². The van der Waals surface area contributed by atoms with Crippen LogP contribution >= 0.6 is 0 Å². The number of hydrogen-bond acceptors (Lipinski definition) is 4. The predicted molar refractivity (Wildman–Crippen MR) is 108 cm³/mol. The smallest absolute Gasteiger partial charge is 0.459 e. The second-order valence-electron chi connectivity index (χ2n) is 10.0. The van der Waals surface area contributed by atoms with Gasteiger partial charge >= 0.3 is 13.1 Å². The van der Waals surface area contributed by atoms with Gasteiger partial charge in [0.05, 0.1) is 16.6 Å². The summed E-state index contributed by atoms with van der Waals surface area (Å²) in [5, 5.41) is 0. The average Bonchev–Trinajstić information content (AvgIpc) is 3.10. The molecule has 1 aromatic rings. The molecule has 0 radical (unpaired) electrons. The van der Waals surface area contributed by atoms with Crippen molar-refractivity contribution in [3.8, 4) is 0 Å². The Morgan fingerprint density at radius 3 is 1.89 bits per heavy atom. The summed E-state index contributed by atoms with van der Waals surface area (Å²) >= 11 is 0. The van der Waals surface area contributed by atoms with Crippen molar-refractivity contribution >= 4 is 18.6 Å². The molecule has 3 rings (SSSR count). The number of benzene rings is 1. The van der Waals surface area contributed by atoms with E-state index >= 15 is 0 Å². The van der Waals surface area contributed by atoms with Gasteiger partial charge in [0.2, 0.25) is 0 Å². The van der Waals surface area contributed by atoms with Gasteiger partial charge in [-0.05, 0) is 72.3 Å². The normalized spacial score (nSPS) is 23.4. The second kappa shape index (κ2) is 6.63. The van der Waals surface area contributed by atoms with Crippen molar-refractivity contribution in [1.82, 2.24) is 0 Å². The molecule has 1 aromatic carbocycles. The van der Waals surface area contributed by atoms with Crippen LogP contribution in [0.4, 0.5) is 0 Å². The molecule has 1 saturated heterocycles. The molecule has 148 valence electrons. The SMILES string of the molecule is CC(C)(C)OC(=O)C1(c2ccc(B3OC(C)(C)C(C)(C)O3)cc2)CCCC1. The summed E-state index contributed by atoms with van der Waals surface area (Å²) in [6.45, 7) is 14.0. The molecular formula is C22H33BO4. The molecule has 0 unspecified atom stereocenters. The fraction of sp³-hybridized carbons (Fsp3) is 0.682. The highest BCUT2D eigenvalue weighted by molar-refractivity contribution is 6.62. The Balaban J connectivity index is 1.84. The third-order valence-electron chi connectivity index (χ3n) is 6.24. The molecule has 0 N–H and O–H groups in total. The zero-order valence-electron chi connectivity index (χ0n) is 17.8. The van der Waals surface area contributed by atoms with Crippen LogP contribution in [0.1, 0.15) is 79.7 Å². The van der Waals surface area contributed by atoms with Gasteiger partial charge in [-0.3, -0.25) is 4.79 Å². The van der Waals surface area contributed by atoms with Crippen LogP contribution in [0.2, 0.25) is 0 Å². The minimum Gasteiger partial charge on any atom is -0.459 e. The predicted octanol–water partition coefficient (Wildman–Crippen LogP) is 4.14. The molecule has 1 aliphatic heterocycles. The Morgan fingerprint density at radius 1 is 0.963 bits per heavy atom. The summed E-state index contributed by atoms with van der Waals surface area (Å²) < 4.78 is 18.1. The molecule has 5 heteroatoms. The molecule has 27 heavy (non-hydrogen) atoms. The summed E-state index contributed by atoms with van der Waals surface area (Å²) in [5.74, 6) is -0.101. The highest BCUT2D eigenvalue weighted by atomic mass is 16.7. The van der Waals surface area contributed by atoms with Crippen LogP contribution in [-0.4, -0.2) is 29.9 Å². The van der Waals surface area contributed by atoms with Gasteiger partial charge in [-0.1, -0.05) is 37.1 Å². The molecule has 1 heterocycles. The molecule has 0 atom stereocenters. The summed E-state index contributed by atoms with van der Waals surface area (Å²) in [4.78, 5) is 13.0. The Kier molecular flexibility index (Phi) is 5.01. The first kappa shape index (κ1) is 20.4. The molecule has 0 bridgehead atoms. The van der Waals surface area contributed by atoms with E-state index in [9.17, 15) is 4.79 Å². The largest absolute Gasteiger partial charge is 0.494 e. The molecule has 1 aliphatic carbocycles. The first-order chi connectivity index (χ1) is 12.4. The van der Waals surface area contributed by atoms with E-state index in [1.54, 1.807) is 0 Å². The minimum absolute atomic E-state index is 0.101. The number of carbonyl (C=O) groups excluding carboxylic acids is 1. The molecule has 0 amide bonds. The van der Waals surface area contributed by atoms with Gasteiger partial charge in [-0.15, -0.1) is 0 Å². The van der Waals surface area contributed by atoms with Gasteiger partial charge in [-0.2, -0.15) is 0 Å². The summed E-state index contributed by atoms with van der Waals surface area (Å²) in [7, 11) is -0.384. The third kappa shape index (κ3) is 3.81. The van der Waals surface area contributed by atoms with E-state index < -0.39 is 11.0 Å². The number of carbonyl (C=O) groups is 1. The van der Waals surface area contributed by atoms with E-state index in [0.29, 0.717) is 0 Å². The lowest BCUT2D eigenvalue weighted by Crippen LogP contribution is -2.41. The Bertz CT molecular complexity index is 678. The van der Waals surface area contributed by atoms with Crippen LogP contribution in [0, 0.1) is 0 Å². The van der Waals surface area contributed by atoms with Crippen molar-refractivity contribution in [2.45, 2.75) is 96.4 Å². The first-order valence-electron chi connectivity index (χ1n) is 10.1. The van der Waals surface area contributed by atoms with E-state index in [2.05, 4.69) is 39.8 Å². The van der Waals surface area contributed by atoms with Gasteiger partial charge in [-0.25, -0.2) is 0 Å². The molecule has 2 aliphatic rings. The van der Waals surface area contributed by atoms with Gasteiger partial charge in [0.1, 0.15) is 5.60 Å². The minimum atomic E-state index is -0.526. The van der Waals surface area contributed by atoms with E-state index in [-0.39, 0.29) is 24.3 Å². The topological polar surface area (TPSA) is 44.8 Å². The third-order valence-corrected chi connectivity index (χ3v) is 6.24. The average molecular weight is 372 g/mol. The lowest BCUT2D eigenvalue weighted by atomic mass is 9.74. The second-order valence-corrected chi connectivity index (χ2v) is 10.0. The van der Waals surface area contributed by atoms with Crippen LogP contribution in [0.15, 0.2) is 24.3 Å². The van der Waals surface area contributed by atoms with Crippen molar-refractivity contribution in [3.05, 3.63) is 29.8 Å². The van der Waals surface area contributed by atoms with Crippen molar-refractivity contribution in [2.24, 2.45) is 0 Å². The highest BCUT2D eigenvalue weighted by Gasteiger charge is 2.52. The zero-order valence-corrected chi connectivity index (χ0v) is 17.8. The number of esters is 1. The molecule has 0 spiro atoms. The van der Waals surface area contributed by atoms with Crippen molar-refractivity contribution in [1.29, 1.82) is 0 Å². The van der Waals surface area contributed by atoms with Crippen molar-refractivity contribution < 1.29 is 18.8 Å². The van der Waals surface area contributed by atoms with Crippen LogP contribution < -0.4 is 5.46 Å². The highest BCUT2D eigenvalue weighted by Crippen LogP contribution is 2.43. The lowest BCUT2D eigenvalue weighted by Gasteiger charge is -2.32. The summed E-state index contributed by atoms with van der Waals surface area (Å²) in [5.41, 5.74) is 0.292. The number of rotatable bonds is 3. The maximum absolute atomic E-state index is 13.0. The quantitative estimate of drug-likeness (QED) is 0.591. The summed E-state index contributed by atoms with van der Waals surface area (Å²) in [6.07, 6.45) is 3.80. The van der Waals surface area contributed by atoms with Crippen LogP contribution in [0.3, 0.4) is 0 Å². The van der Waals surface area contributed by atoms with Crippen molar-refractivity contribution in [3.63, 3.8) is 0 Å². The number of ether oxygens (including phenoxy) is 1. The Labute approximate surface area is 164 Å². The van der Waals surface area contributed by atoms with Crippen LogP contribution in [-0.2, 0) is 24.3 Å². The van der Waals surface area contributed by atoms with Gasteiger partial charge in [0.15, 0.2) is 0 Å². The van der Waals surface area contributed by atoms with Crippen LogP contribution in [0.5, 0.6) is 0 Å². The summed E-state index contributed by atoms with van der Waals surface area (Å²) in [6, 6.07) is 8.16. The standard InChI is InChI=1S/C22H33BO4/c1-19(2,3)25-18(24)22(14-8-9-15-22)16-10-12-17(13-11-16)23-26-20(4,5)21(6,7)27-23/h10-13H,8-9,14-15H2,1-7H3. The fourth-order valence-electron chi connectivity index (χ4n) is 3.90. The molecule has 2 fully saturated rings. The molecule has 0 aromatic heterocycles. The maximum atomic E-state index is 13.0. The zero-order chi connectivity index (χ0) is 20.1. The molecular weight excluding hydrogens is 339 g/mol. The first-order valence-corrected chi connectivity index (χ1v) is 10.1. The molecule has 1 saturated carbocycles. The van der Waals surface area contributed by atoms with Gasteiger partial charge in [0.25, 0.3) is 0 Å². The van der Waals surface area contributed by atoms with E-state index in [0.717, 1.165) is 36.7 Å². The fourth-order valence-corrected chi connectivity index (χ4v) is 3.90. The van der Waals surface area contributed by atoms with Crippen LogP contribution in [0.25, 0.3) is 0 Å².